The number of halogens is 2. The summed E-state index contributed by atoms with van der Waals surface area (Å²) in [5.74, 6) is 0. The van der Waals surface area contributed by atoms with Crippen LogP contribution in [-0.4, -0.2) is 32.9 Å². The molecule has 0 saturated heterocycles. The topological polar surface area (TPSA) is 49.4 Å². The molecule has 1 aromatic rings. The number of hydrogen-bond donors (Lipinski definition) is 1. The van der Waals surface area contributed by atoms with E-state index < -0.39 is 10.0 Å². The molecule has 0 heterocycles. The quantitative estimate of drug-likeness (QED) is 0.767. The van der Waals surface area contributed by atoms with Crippen molar-refractivity contribution >= 4 is 33.2 Å². The molecule has 0 spiro atoms. The van der Waals surface area contributed by atoms with Gasteiger partial charge in [-0.3, -0.25) is 0 Å². The highest BCUT2D eigenvalue weighted by atomic mass is 35.5. The van der Waals surface area contributed by atoms with Gasteiger partial charge in [0.25, 0.3) is 0 Å². The van der Waals surface area contributed by atoms with Crippen molar-refractivity contribution in [1.82, 2.24) is 9.62 Å². The number of hydrogen-bond acceptors (Lipinski definition) is 3. The first-order chi connectivity index (χ1) is 9.70. The van der Waals surface area contributed by atoms with Gasteiger partial charge in [0, 0.05) is 25.2 Å². The van der Waals surface area contributed by atoms with Crippen LogP contribution in [0.4, 0.5) is 0 Å². The van der Waals surface area contributed by atoms with Crippen molar-refractivity contribution < 1.29 is 8.42 Å². The zero-order valence-electron chi connectivity index (χ0n) is 12.4. The van der Waals surface area contributed by atoms with Crippen molar-refractivity contribution in [1.29, 1.82) is 0 Å². The number of benzene rings is 1. The molecule has 0 bridgehead atoms. The van der Waals surface area contributed by atoms with Gasteiger partial charge in [0.2, 0.25) is 10.0 Å². The molecule has 0 fully saturated rings. The zero-order valence-corrected chi connectivity index (χ0v) is 14.7. The van der Waals surface area contributed by atoms with Gasteiger partial charge in [0.1, 0.15) is 4.90 Å². The van der Waals surface area contributed by atoms with Gasteiger partial charge in [-0.05, 0) is 31.2 Å². The second-order valence-electron chi connectivity index (χ2n) is 4.88. The van der Waals surface area contributed by atoms with Crippen LogP contribution >= 0.6 is 23.2 Å². The van der Waals surface area contributed by atoms with Crippen molar-refractivity contribution in [2.75, 3.05) is 20.1 Å². The van der Waals surface area contributed by atoms with Gasteiger partial charge in [-0.25, -0.2) is 8.42 Å². The Hall–Kier alpha value is -0.590. The molecule has 0 saturated carbocycles. The molecule has 7 heteroatoms. The van der Waals surface area contributed by atoms with E-state index in [0.29, 0.717) is 17.1 Å². The summed E-state index contributed by atoms with van der Waals surface area (Å²) in [5, 5.41) is 3.65. The van der Waals surface area contributed by atoms with Gasteiger partial charge >= 0.3 is 0 Å². The van der Waals surface area contributed by atoms with E-state index in [-0.39, 0.29) is 16.5 Å². The minimum Gasteiger partial charge on any atom is -0.313 e. The number of nitrogens with zero attached hydrogens (tertiary/aromatic N) is 1. The normalized spacial score (nSPS) is 11.9. The lowest BCUT2D eigenvalue weighted by atomic mass is 10.2. The maximum Gasteiger partial charge on any atom is 0.244 e. The Morgan fingerprint density at radius 3 is 2.52 bits per heavy atom. The van der Waals surface area contributed by atoms with E-state index in [4.69, 9.17) is 23.2 Å². The van der Waals surface area contributed by atoms with Crippen LogP contribution in [0, 0.1) is 0 Å². The molecule has 21 heavy (non-hydrogen) atoms. The SMILES string of the molecule is C=C(C)CN(C)S(=O)(=O)c1cc(Cl)cc(CNCC)c1Cl. The van der Waals surface area contributed by atoms with Gasteiger partial charge in [-0.15, -0.1) is 0 Å². The minimum absolute atomic E-state index is 0.0216. The Morgan fingerprint density at radius 2 is 2.00 bits per heavy atom. The predicted molar refractivity (Wildman–Crippen MR) is 88.5 cm³/mol. The third-order valence-electron chi connectivity index (χ3n) is 2.83. The largest absolute Gasteiger partial charge is 0.313 e. The standard InChI is InChI=1S/C14H20Cl2N2O2S/c1-5-17-8-11-6-12(15)7-13(14(11)16)21(19,20)18(4)9-10(2)3/h6-7,17H,2,5,8-9H2,1,3-4H3. The summed E-state index contributed by atoms with van der Waals surface area (Å²) >= 11 is 12.3. The van der Waals surface area contributed by atoms with Crippen LogP contribution < -0.4 is 5.32 Å². The second-order valence-corrected chi connectivity index (χ2v) is 7.70. The van der Waals surface area contributed by atoms with Crippen molar-refractivity contribution in [3.8, 4) is 0 Å². The minimum atomic E-state index is -3.71. The van der Waals surface area contributed by atoms with Crippen LogP contribution in [0.1, 0.15) is 19.4 Å². The summed E-state index contributed by atoms with van der Waals surface area (Å²) < 4.78 is 26.4. The molecule has 0 amide bonds. The number of nitrogens with one attached hydrogen (secondary N) is 1. The van der Waals surface area contributed by atoms with E-state index in [1.807, 2.05) is 6.92 Å². The smallest absolute Gasteiger partial charge is 0.244 e. The highest BCUT2D eigenvalue weighted by Gasteiger charge is 2.25. The summed E-state index contributed by atoms with van der Waals surface area (Å²) in [6.07, 6.45) is 0. The molecule has 0 aliphatic rings. The fourth-order valence-electron chi connectivity index (χ4n) is 1.83. The molecule has 0 unspecified atom stereocenters. The number of likely N-dealkylation sites (N-methyl/N-ethyl adjacent to an activating group) is 1. The Kier molecular flexibility index (Phi) is 6.69. The van der Waals surface area contributed by atoms with Gasteiger partial charge in [0.05, 0.1) is 5.02 Å². The second kappa shape index (κ2) is 7.61. The first-order valence-corrected chi connectivity index (χ1v) is 8.69. The Morgan fingerprint density at radius 1 is 1.38 bits per heavy atom. The number of rotatable bonds is 7. The monoisotopic (exact) mass is 350 g/mol. The maximum atomic E-state index is 12.6. The van der Waals surface area contributed by atoms with Crippen LogP contribution in [0.3, 0.4) is 0 Å². The molecule has 1 aromatic carbocycles. The van der Waals surface area contributed by atoms with Gasteiger partial charge in [-0.2, -0.15) is 4.31 Å². The summed E-state index contributed by atoms with van der Waals surface area (Å²) in [6, 6.07) is 3.05. The fourth-order valence-corrected chi connectivity index (χ4v) is 3.96. The molecular formula is C14H20Cl2N2O2S. The average molecular weight is 351 g/mol. The molecule has 1 rings (SSSR count). The van der Waals surface area contributed by atoms with Crippen LogP contribution in [0.15, 0.2) is 29.2 Å². The summed E-state index contributed by atoms with van der Waals surface area (Å²) in [5.41, 5.74) is 1.40. The Balaban J connectivity index is 3.28. The molecular weight excluding hydrogens is 331 g/mol. The third-order valence-corrected chi connectivity index (χ3v) is 5.43. The summed E-state index contributed by atoms with van der Waals surface area (Å²) in [4.78, 5) is 0.0216. The lowest BCUT2D eigenvalue weighted by Gasteiger charge is -2.19. The van der Waals surface area contributed by atoms with Gasteiger partial charge in [0.15, 0.2) is 0 Å². The van der Waals surface area contributed by atoms with Crippen molar-refractivity contribution in [2.24, 2.45) is 0 Å². The maximum absolute atomic E-state index is 12.6. The van der Waals surface area contributed by atoms with E-state index in [2.05, 4.69) is 11.9 Å². The molecule has 0 radical (unpaired) electrons. The van der Waals surface area contributed by atoms with E-state index in [0.717, 1.165) is 12.1 Å². The van der Waals surface area contributed by atoms with Crippen LogP contribution in [0.25, 0.3) is 0 Å². The molecule has 118 valence electrons. The van der Waals surface area contributed by atoms with E-state index in [1.54, 1.807) is 13.0 Å². The van der Waals surface area contributed by atoms with Crippen LogP contribution in [-0.2, 0) is 16.6 Å². The van der Waals surface area contributed by atoms with Gasteiger partial charge < -0.3 is 5.32 Å². The fraction of sp³-hybridized carbons (Fsp3) is 0.429. The third kappa shape index (κ3) is 4.69. The lowest BCUT2D eigenvalue weighted by Crippen LogP contribution is -2.29. The van der Waals surface area contributed by atoms with E-state index in [1.165, 1.54) is 17.4 Å². The molecule has 4 nitrogen and oxygen atoms in total. The van der Waals surface area contributed by atoms with Gasteiger partial charge in [-0.1, -0.05) is 42.3 Å². The zero-order chi connectivity index (χ0) is 16.2. The molecule has 0 atom stereocenters. The first kappa shape index (κ1) is 18.5. The van der Waals surface area contributed by atoms with Crippen molar-refractivity contribution in [3.63, 3.8) is 0 Å². The highest BCUT2D eigenvalue weighted by Crippen LogP contribution is 2.31. The molecule has 1 N–H and O–H groups in total. The molecule has 0 aliphatic heterocycles. The summed E-state index contributed by atoms with van der Waals surface area (Å²) in [6.45, 7) is 8.89. The van der Waals surface area contributed by atoms with Crippen LogP contribution in [0.5, 0.6) is 0 Å². The number of sulfonamides is 1. The van der Waals surface area contributed by atoms with Crippen molar-refractivity contribution in [3.05, 3.63) is 39.9 Å². The van der Waals surface area contributed by atoms with Crippen molar-refractivity contribution in [2.45, 2.75) is 25.3 Å². The average Bonchev–Trinajstić information content (AvgIpc) is 2.38. The summed E-state index contributed by atoms with van der Waals surface area (Å²) in [7, 11) is -2.22. The predicted octanol–water partition coefficient (Wildman–Crippen LogP) is 3.30. The van der Waals surface area contributed by atoms with E-state index in [9.17, 15) is 8.42 Å². The van der Waals surface area contributed by atoms with Crippen LogP contribution in [0.2, 0.25) is 10.0 Å². The molecule has 0 aliphatic carbocycles. The first-order valence-electron chi connectivity index (χ1n) is 6.49. The Labute approximate surface area is 136 Å². The highest BCUT2D eigenvalue weighted by molar-refractivity contribution is 7.89. The van der Waals surface area contributed by atoms with E-state index >= 15 is 0 Å². The Bertz CT molecular complexity index is 630. The molecule has 0 aromatic heterocycles. The lowest BCUT2D eigenvalue weighted by molar-refractivity contribution is 0.493.